The van der Waals surface area contributed by atoms with Crippen molar-refractivity contribution in [3.8, 4) is 17.3 Å². The van der Waals surface area contributed by atoms with Crippen LogP contribution in [0.3, 0.4) is 0 Å². The molecule has 1 N–H and O–H groups in total. The van der Waals surface area contributed by atoms with Crippen molar-refractivity contribution in [1.82, 2.24) is 24.2 Å². The highest BCUT2D eigenvalue weighted by Crippen LogP contribution is 2.25. The van der Waals surface area contributed by atoms with E-state index < -0.39 is 0 Å². The Hall–Kier alpha value is -3.12. The minimum absolute atomic E-state index is 0.310. The van der Waals surface area contributed by atoms with Gasteiger partial charge in [-0.25, -0.2) is 4.98 Å². The van der Waals surface area contributed by atoms with Crippen LogP contribution < -0.4 is 0 Å². The molecule has 6 heteroatoms. The van der Waals surface area contributed by atoms with Crippen LogP contribution >= 0.6 is 0 Å². The summed E-state index contributed by atoms with van der Waals surface area (Å²) in [6.07, 6.45) is 1.06. The summed E-state index contributed by atoms with van der Waals surface area (Å²) in [7, 11) is 2.05. The molecule has 0 saturated carbocycles. The van der Waals surface area contributed by atoms with Gasteiger partial charge >= 0.3 is 0 Å². The van der Waals surface area contributed by atoms with Crippen molar-refractivity contribution in [2.45, 2.75) is 26.1 Å². The molecule has 0 atom stereocenters. The van der Waals surface area contributed by atoms with Crippen LogP contribution in [0.25, 0.3) is 22.6 Å². The summed E-state index contributed by atoms with van der Waals surface area (Å²) in [6, 6.07) is 17.8. The lowest BCUT2D eigenvalue weighted by Gasteiger charge is -2.19. The zero-order chi connectivity index (χ0) is 19.1. The number of imidazole rings is 1. The fourth-order valence-corrected chi connectivity index (χ4v) is 4.01. The van der Waals surface area contributed by atoms with E-state index in [9.17, 15) is 5.11 Å². The van der Waals surface area contributed by atoms with E-state index in [0.29, 0.717) is 5.75 Å². The third-order valence-corrected chi connectivity index (χ3v) is 5.45. The van der Waals surface area contributed by atoms with Crippen molar-refractivity contribution in [3.63, 3.8) is 0 Å². The summed E-state index contributed by atoms with van der Waals surface area (Å²) >= 11 is 0. The standard InChI is InChI=1S/C22H23N5O/c1-25-21-6-3-2-5-19(21)23-22(25)20-13-17-15-26(11-4-12-27(17)24-20)14-16-7-9-18(28)10-8-16/h2-3,5-10,13,28H,4,11-12,14-15H2,1H3. The predicted octanol–water partition coefficient (Wildman–Crippen LogP) is 3.55. The monoisotopic (exact) mass is 373 g/mol. The number of phenols is 1. The van der Waals surface area contributed by atoms with Gasteiger partial charge in [0.25, 0.3) is 0 Å². The zero-order valence-corrected chi connectivity index (χ0v) is 15.9. The fourth-order valence-electron chi connectivity index (χ4n) is 4.01. The van der Waals surface area contributed by atoms with Crippen molar-refractivity contribution in [3.05, 3.63) is 65.9 Å². The van der Waals surface area contributed by atoms with Gasteiger partial charge < -0.3 is 9.67 Å². The Kier molecular flexibility index (Phi) is 4.13. The van der Waals surface area contributed by atoms with Crippen molar-refractivity contribution in [2.24, 2.45) is 7.05 Å². The number of fused-ring (bicyclic) bond motifs is 2. The van der Waals surface area contributed by atoms with Crippen molar-refractivity contribution >= 4 is 11.0 Å². The number of hydrogen-bond acceptors (Lipinski definition) is 4. The number of phenolic OH excluding ortho intramolecular Hbond substituents is 1. The summed E-state index contributed by atoms with van der Waals surface area (Å²) in [4.78, 5) is 7.23. The first-order valence-corrected chi connectivity index (χ1v) is 9.66. The first-order chi connectivity index (χ1) is 13.7. The van der Waals surface area contributed by atoms with E-state index in [-0.39, 0.29) is 0 Å². The Morgan fingerprint density at radius 1 is 1.04 bits per heavy atom. The zero-order valence-electron chi connectivity index (χ0n) is 15.9. The second-order valence-electron chi connectivity index (χ2n) is 7.46. The first kappa shape index (κ1) is 17.0. The van der Waals surface area contributed by atoms with Crippen molar-refractivity contribution < 1.29 is 5.11 Å². The number of hydrogen-bond donors (Lipinski definition) is 1. The topological polar surface area (TPSA) is 59.1 Å². The van der Waals surface area contributed by atoms with Crippen LogP contribution in [-0.2, 0) is 26.7 Å². The van der Waals surface area contributed by atoms with Crippen LogP contribution in [0.5, 0.6) is 5.75 Å². The summed E-state index contributed by atoms with van der Waals surface area (Å²) in [6.45, 7) is 3.68. The maximum Gasteiger partial charge on any atom is 0.161 e. The van der Waals surface area contributed by atoms with Gasteiger partial charge in [-0.1, -0.05) is 24.3 Å². The van der Waals surface area contributed by atoms with Crippen molar-refractivity contribution in [2.75, 3.05) is 6.54 Å². The number of aromatic nitrogens is 4. The SMILES string of the molecule is Cn1c(-c2cc3n(n2)CCCN(Cc2ccc(O)cc2)C3)nc2ccccc21. The summed E-state index contributed by atoms with van der Waals surface area (Å²) in [5.74, 6) is 1.22. The molecule has 2 aromatic heterocycles. The smallest absolute Gasteiger partial charge is 0.161 e. The van der Waals surface area contributed by atoms with Gasteiger partial charge in [-0.2, -0.15) is 5.10 Å². The number of benzene rings is 2. The van der Waals surface area contributed by atoms with Gasteiger partial charge in [0.1, 0.15) is 11.4 Å². The molecule has 2 aromatic carbocycles. The van der Waals surface area contributed by atoms with Crippen LogP contribution in [0, 0.1) is 0 Å². The molecule has 0 fully saturated rings. The second-order valence-corrected chi connectivity index (χ2v) is 7.46. The number of aryl methyl sites for hydroxylation is 2. The lowest BCUT2D eigenvalue weighted by atomic mass is 10.2. The summed E-state index contributed by atoms with van der Waals surface area (Å²) < 4.78 is 4.25. The normalized spacial score (nSPS) is 14.9. The average molecular weight is 373 g/mol. The Labute approximate surface area is 163 Å². The fraction of sp³-hybridized carbons (Fsp3) is 0.273. The second kappa shape index (κ2) is 6.80. The minimum Gasteiger partial charge on any atom is -0.508 e. The van der Waals surface area contributed by atoms with Crippen LogP contribution in [0.15, 0.2) is 54.6 Å². The Balaban J connectivity index is 1.43. The minimum atomic E-state index is 0.310. The number of rotatable bonds is 3. The number of para-hydroxylation sites is 2. The highest BCUT2D eigenvalue weighted by Gasteiger charge is 2.20. The van der Waals surface area contributed by atoms with Gasteiger partial charge in [0.2, 0.25) is 0 Å². The number of aromatic hydroxyl groups is 1. The maximum absolute atomic E-state index is 9.49. The Morgan fingerprint density at radius 2 is 1.86 bits per heavy atom. The van der Waals surface area contributed by atoms with E-state index in [4.69, 9.17) is 10.1 Å². The lowest BCUT2D eigenvalue weighted by Crippen LogP contribution is -2.22. The lowest BCUT2D eigenvalue weighted by molar-refractivity contribution is 0.261. The van der Waals surface area contributed by atoms with Crippen LogP contribution in [0.2, 0.25) is 0 Å². The third-order valence-electron chi connectivity index (χ3n) is 5.45. The molecule has 0 bridgehead atoms. The van der Waals surface area contributed by atoms with Gasteiger partial charge in [-0.15, -0.1) is 0 Å². The van der Waals surface area contributed by atoms with Crippen molar-refractivity contribution in [1.29, 1.82) is 0 Å². The molecule has 0 amide bonds. The largest absolute Gasteiger partial charge is 0.508 e. The van der Waals surface area contributed by atoms with E-state index in [0.717, 1.165) is 55.2 Å². The molecule has 28 heavy (non-hydrogen) atoms. The maximum atomic E-state index is 9.49. The van der Waals surface area contributed by atoms with E-state index in [1.54, 1.807) is 12.1 Å². The summed E-state index contributed by atoms with van der Waals surface area (Å²) in [5.41, 5.74) is 5.48. The van der Waals surface area contributed by atoms with Gasteiger partial charge in [-0.05, 0) is 42.3 Å². The van der Waals surface area contributed by atoms with Crippen LogP contribution in [-0.4, -0.2) is 35.9 Å². The Bertz CT molecular complexity index is 1130. The molecule has 1 aliphatic rings. The van der Waals surface area contributed by atoms with Gasteiger partial charge in [0.15, 0.2) is 5.82 Å². The summed E-state index contributed by atoms with van der Waals surface area (Å²) in [5, 5.41) is 14.4. The van der Waals surface area contributed by atoms with Crippen LogP contribution in [0.4, 0.5) is 0 Å². The molecule has 5 rings (SSSR count). The molecule has 4 aromatic rings. The molecule has 6 nitrogen and oxygen atoms in total. The van der Waals surface area contributed by atoms with Gasteiger partial charge in [-0.3, -0.25) is 9.58 Å². The van der Waals surface area contributed by atoms with Gasteiger partial charge in [0.05, 0.1) is 16.7 Å². The molecule has 0 radical (unpaired) electrons. The average Bonchev–Trinajstić information content (AvgIpc) is 3.19. The number of nitrogens with zero attached hydrogens (tertiary/aromatic N) is 5. The molecule has 0 saturated heterocycles. The van der Waals surface area contributed by atoms with Gasteiger partial charge in [0, 0.05) is 33.2 Å². The highest BCUT2D eigenvalue weighted by molar-refractivity contribution is 5.79. The highest BCUT2D eigenvalue weighted by atomic mass is 16.3. The molecule has 1 aliphatic heterocycles. The van der Waals surface area contributed by atoms with E-state index in [2.05, 4.69) is 26.3 Å². The molecular formula is C22H23N5O. The predicted molar refractivity (Wildman–Crippen MR) is 109 cm³/mol. The van der Waals surface area contributed by atoms with E-state index >= 15 is 0 Å². The quantitative estimate of drug-likeness (QED) is 0.597. The molecule has 3 heterocycles. The van der Waals surface area contributed by atoms with E-state index in [1.807, 2.05) is 37.4 Å². The Morgan fingerprint density at radius 3 is 2.68 bits per heavy atom. The third kappa shape index (κ3) is 3.05. The first-order valence-electron chi connectivity index (χ1n) is 9.66. The molecular weight excluding hydrogens is 350 g/mol. The molecule has 0 aliphatic carbocycles. The van der Waals surface area contributed by atoms with E-state index in [1.165, 1.54) is 11.3 Å². The molecule has 0 unspecified atom stereocenters. The molecule has 142 valence electrons. The van der Waals surface area contributed by atoms with Crippen LogP contribution in [0.1, 0.15) is 17.7 Å². The molecule has 0 spiro atoms.